The van der Waals surface area contributed by atoms with Crippen molar-refractivity contribution in [1.82, 2.24) is 19.5 Å². The van der Waals surface area contributed by atoms with Crippen LogP contribution in [0.3, 0.4) is 0 Å². The van der Waals surface area contributed by atoms with E-state index in [0.717, 1.165) is 0 Å². The minimum Gasteiger partial charge on any atom is -0.387 e. The highest BCUT2D eigenvalue weighted by molar-refractivity contribution is 7.50. The third kappa shape index (κ3) is 3.91. The topological polar surface area (TPSA) is 194 Å². The first-order valence-electron chi connectivity index (χ1n) is 9.00. The summed E-state index contributed by atoms with van der Waals surface area (Å²) in [4.78, 5) is 26.1. The highest BCUT2D eigenvalue weighted by Gasteiger charge is 2.46. The van der Waals surface area contributed by atoms with Crippen LogP contribution in [0.2, 0.25) is 0 Å². The van der Waals surface area contributed by atoms with E-state index in [1.807, 2.05) is 0 Å². The summed E-state index contributed by atoms with van der Waals surface area (Å²) in [6.07, 6.45) is -4.58. The van der Waals surface area contributed by atoms with Crippen LogP contribution in [-0.4, -0.2) is 92.7 Å². The standard InChI is InChI=1S/C14H23N6O8P/c15-14-17-11-8(12(23)18-14)16-6-20(11)13-10(22)9(21)7(28-13)5-27-29(24,25)19-1-3-26-4-2-19/h6-7,9-10,13-14,17,21-22H,1-5,15H2,(H,18,23)(H,24,25)/t7-,9-,10-,13-,14?/m1/s1. The minimum atomic E-state index is -4.10. The number of nitrogens with one attached hydrogen (secondary N) is 2. The number of rotatable bonds is 5. The molecule has 0 radical (unpaired) electrons. The van der Waals surface area contributed by atoms with Crippen LogP contribution in [0.1, 0.15) is 16.7 Å². The van der Waals surface area contributed by atoms with Gasteiger partial charge in [-0.2, -0.15) is 0 Å². The molecule has 162 valence electrons. The molecule has 14 nitrogen and oxygen atoms in total. The molecule has 0 aliphatic carbocycles. The summed E-state index contributed by atoms with van der Waals surface area (Å²) in [7, 11) is -4.10. The number of nitrogens with zero attached hydrogens (tertiary/aromatic N) is 3. The predicted octanol–water partition coefficient (Wildman–Crippen LogP) is -2.65. The van der Waals surface area contributed by atoms with Crippen molar-refractivity contribution in [2.45, 2.75) is 30.8 Å². The molecule has 1 amide bonds. The number of amides is 1. The lowest BCUT2D eigenvalue weighted by Gasteiger charge is -2.30. The molecule has 0 bridgehead atoms. The average molecular weight is 434 g/mol. The van der Waals surface area contributed by atoms with E-state index in [0.29, 0.717) is 13.2 Å². The van der Waals surface area contributed by atoms with Gasteiger partial charge in [0.2, 0.25) is 0 Å². The number of nitrogens with two attached hydrogens (primary N) is 1. The van der Waals surface area contributed by atoms with Gasteiger partial charge in [-0.05, 0) is 0 Å². The molecule has 2 saturated heterocycles. The van der Waals surface area contributed by atoms with E-state index >= 15 is 0 Å². The maximum absolute atomic E-state index is 12.4. The zero-order chi connectivity index (χ0) is 20.8. The quantitative estimate of drug-likeness (QED) is 0.264. The number of aliphatic hydroxyl groups is 2. The molecule has 0 spiro atoms. The Morgan fingerprint density at radius 2 is 2.03 bits per heavy atom. The Balaban J connectivity index is 1.45. The van der Waals surface area contributed by atoms with E-state index in [2.05, 4.69) is 15.6 Å². The molecule has 29 heavy (non-hydrogen) atoms. The van der Waals surface area contributed by atoms with Crippen LogP contribution < -0.4 is 16.4 Å². The number of anilines is 1. The second-order valence-electron chi connectivity index (χ2n) is 6.84. The van der Waals surface area contributed by atoms with Crippen LogP contribution in [-0.2, 0) is 18.6 Å². The lowest BCUT2D eigenvalue weighted by atomic mass is 10.1. The van der Waals surface area contributed by atoms with Gasteiger partial charge in [0.1, 0.15) is 24.1 Å². The number of carbonyl (C=O) groups excluding carboxylic acids is 1. The van der Waals surface area contributed by atoms with Gasteiger partial charge in [0.05, 0.1) is 26.1 Å². The molecule has 6 atom stereocenters. The second-order valence-corrected chi connectivity index (χ2v) is 8.65. The van der Waals surface area contributed by atoms with Crippen LogP contribution in [0.5, 0.6) is 0 Å². The summed E-state index contributed by atoms with van der Waals surface area (Å²) in [5.41, 5.74) is 5.75. The number of hydrogen-bond donors (Lipinski definition) is 6. The van der Waals surface area contributed by atoms with Gasteiger partial charge in [-0.15, -0.1) is 0 Å². The summed E-state index contributed by atoms with van der Waals surface area (Å²) in [6.45, 7) is 0.673. The predicted molar refractivity (Wildman–Crippen MR) is 95.4 cm³/mol. The largest absolute Gasteiger partial charge is 0.405 e. The van der Waals surface area contributed by atoms with Crippen molar-refractivity contribution in [2.24, 2.45) is 5.73 Å². The first-order valence-corrected chi connectivity index (χ1v) is 10.5. The number of imidazole rings is 1. The molecule has 2 fully saturated rings. The number of aromatic nitrogens is 2. The van der Waals surface area contributed by atoms with Gasteiger partial charge in [-0.3, -0.25) is 19.6 Å². The molecule has 0 saturated carbocycles. The molecule has 15 heteroatoms. The summed E-state index contributed by atoms with van der Waals surface area (Å²) in [6, 6.07) is 0. The van der Waals surface area contributed by atoms with Crippen LogP contribution in [0.25, 0.3) is 0 Å². The Labute approximate surface area is 165 Å². The molecule has 2 unspecified atom stereocenters. The number of aliphatic hydroxyl groups excluding tert-OH is 2. The molecule has 3 aliphatic rings. The van der Waals surface area contributed by atoms with Gasteiger partial charge < -0.3 is 35.2 Å². The number of morpholine rings is 1. The maximum atomic E-state index is 12.4. The van der Waals surface area contributed by atoms with E-state index < -0.39 is 51.1 Å². The Morgan fingerprint density at radius 1 is 1.31 bits per heavy atom. The maximum Gasteiger partial charge on any atom is 0.405 e. The lowest BCUT2D eigenvalue weighted by molar-refractivity contribution is -0.0515. The van der Waals surface area contributed by atoms with E-state index in [4.69, 9.17) is 19.7 Å². The summed E-state index contributed by atoms with van der Waals surface area (Å²) < 4.78 is 31.0. The van der Waals surface area contributed by atoms with E-state index in [1.54, 1.807) is 0 Å². The van der Waals surface area contributed by atoms with Crippen LogP contribution in [0.15, 0.2) is 6.33 Å². The van der Waals surface area contributed by atoms with E-state index in [-0.39, 0.29) is 24.6 Å². The summed E-state index contributed by atoms with van der Waals surface area (Å²) >= 11 is 0. The third-order valence-electron chi connectivity index (χ3n) is 4.95. The highest BCUT2D eigenvalue weighted by Crippen LogP contribution is 2.47. The van der Waals surface area contributed by atoms with Crippen molar-refractivity contribution in [3.8, 4) is 0 Å². The monoisotopic (exact) mass is 434 g/mol. The van der Waals surface area contributed by atoms with Gasteiger partial charge >= 0.3 is 7.75 Å². The molecule has 1 aromatic rings. The Bertz CT molecular complexity index is 816. The molecule has 1 aromatic heterocycles. The normalized spacial score (nSPS) is 34.9. The van der Waals surface area contributed by atoms with Crippen molar-refractivity contribution in [3.05, 3.63) is 12.0 Å². The van der Waals surface area contributed by atoms with Crippen molar-refractivity contribution in [1.29, 1.82) is 0 Å². The van der Waals surface area contributed by atoms with Crippen molar-refractivity contribution < 1.29 is 38.5 Å². The van der Waals surface area contributed by atoms with E-state index in [1.165, 1.54) is 15.6 Å². The molecule has 3 aliphatic heterocycles. The Hall–Kier alpha value is -1.61. The molecule has 0 aromatic carbocycles. The van der Waals surface area contributed by atoms with Gasteiger partial charge in [-0.1, -0.05) is 0 Å². The Morgan fingerprint density at radius 3 is 2.76 bits per heavy atom. The van der Waals surface area contributed by atoms with Crippen LogP contribution >= 0.6 is 7.75 Å². The number of ether oxygens (including phenoxy) is 2. The molecule has 7 N–H and O–H groups in total. The number of fused-ring (bicyclic) bond motifs is 1. The fourth-order valence-corrected chi connectivity index (χ4v) is 4.58. The van der Waals surface area contributed by atoms with E-state index in [9.17, 15) is 24.5 Å². The third-order valence-corrected chi connectivity index (χ3v) is 6.55. The summed E-state index contributed by atoms with van der Waals surface area (Å²) in [5, 5.41) is 26.0. The number of hydrogen-bond acceptors (Lipinski definition) is 10. The van der Waals surface area contributed by atoms with Crippen molar-refractivity contribution in [3.63, 3.8) is 0 Å². The molecule has 4 heterocycles. The minimum absolute atomic E-state index is 0.0591. The zero-order valence-electron chi connectivity index (χ0n) is 15.2. The van der Waals surface area contributed by atoms with Crippen LogP contribution in [0.4, 0.5) is 5.82 Å². The Kier molecular flexibility index (Phi) is 5.63. The van der Waals surface area contributed by atoms with Gasteiger partial charge in [-0.25, -0.2) is 14.2 Å². The average Bonchev–Trinajstić information content (AvgIpc) is 3.23. The van der Waals surface area contributed by atoms with Gasteiger partial charge in [0.25, 0.3) is 5.91 Å². The van der Waals surface area contributed by atoms with Gasteiger partial charge in [0.15, 0.2) is 18.2 Å². The SMILES string of the molecule is NC1NC(=O)c2ncn([C@@H]3O[C@H](COP(=O)(O)N4CCOCC4)[C@@H](O)[C@H]3O)c2N1. The molecule has 4 rings (SSSR count). The molecular weight excluding hydrogens is 411 g/mol. The molecular formula is C14H23N6O8P. The first kappa shape index (κ1) is 20.7. The van der Waals surface area contributed by atoms with Crippen molar-refractivity contribution >= 4 is 19.5 Å². The number of carbonyl (C=O) groups is 1. The van der Waals surface area contributed by atoms with Crippen molar-refractivity contribution in [2.75, 3.05) is 38.2 Å². The smallest absolute Gasteiger partial charge is 0.387 e. The second kappa shape index (κ2) is 7.91. The summed E-state index contributed by atoms with van der Waals surface area (Å²) in [5.74, 6) is -0.273. The van der Waals surface area contributed by atoms with Gasteiger partial charge in [0, 0.05) is 13.1 Å². The zero-order valence-corrected chi connectivity index (χ0v) is 16.1. The highest BCUT2D eigenvalue weighted by atomic mass is 31.2. The first-order chi connectivity index (χ1) is 13.8. The fraction of sp³-hybridized carbons (Fsp3) is 0.714. The lowest BCUT2D eigenvalue weighted by Crippen LogP contribution is -2.51. The van der Waals surface area contributed by atoms with Crippen LogP contribution in [0, 0.1) is 0 Å². The fourth-order valence-electron chi connectivity index (χ4n) is 3.41.